The lowest BCUT2D eigenvalue weighted by Crippen LogP contribution is -2.53. The fourth-order valence-corrected chi connectivity index (χ4v) is 3.79. The first-order valence-corrected chi connectivity index (χ1v) is 11.0. The predicted molar refractivity (Wildman–Crippen MR) is 119 cm³/mol. The summed E-state index contributed by atoms with van der Waals surface area (Å²) < 4.78 is 27.2. The monoisotopic (exact) mass is 467 g/mol. The number of carbonyl (C=O) groups is 1. The SMILES string of the molecule is CC(C)(C)OC(O)C(NC(=O)c1nn(-c2cc(Cl)ccc2F)c2c1COCC2)C(C)(C)C. The summed E-state index contributed by atoms with van der Waals surface area (Å²) in [5.74, 6) is -0.996. The number of carbonyl (C=O) groups excluding carboxylic acids is 1. The smallest absolute Gasteiger partial charge is 0.272 e. The number of ether oxygens (including phenoxy) is 2. The third-order valence-electron chi connectivity index (χ3n) is 5.15. The second-order valence-electron chi connectivity index (χ2n) is 10.0. The topological polar surface area (TPSA) is 85.6 Å². The third-order valence-corrected chi connectivity index (χ3v) is 5.39. The Morgan fingerprint density at radius 1 is 1.31 bits per heavy atom. The molecule has 7 nitrogen and oxygen atoms in total. The fraction of sp³-hybridized carbons (Fsp3) is 0.565. The highest BCUT2D eigenvalue weighted by molar-refractivity contribution is 6.30. The number of rotatable bonds is 5. The summed E-state index contributed by atoms with van der Waals surface area (Å²) in [5, 5.41) is 18.4. The van der Waals surface area contributed by atoms with Gasteiger partial charge in [0.1, 0.15) is 11.5 Å². The van der Waals surface area contributed by atoms with E-state index >= 15 is 0 Å². The molecule has 9 heteroatoms. The lowest BCUT2D eigenvalue weighted by Gasteiger charge is -2.37. The Labute approximate surface area is 192 Å². The molecule has 2 aromatic rings. The maximum absolute atomic E-state index is 14.6. The van der Waals surface area contributed by atoms with Gasteiger partial charge < -0.3 is 19.9 Å². The Bertz CT molecular complexity index is 994. The summed E-state index contributed by atoms with van der Waals surface area (Å²) in [5.41, 5.74) is 0.452. The molecule has 3 rings (SSSR count). The zero-order chi connectivity index (χ0) is 23.8. The van der Waals surface area contributed by atoms with E-state index in [2.05, 4.69) is 10.4 Å². The number of nitrogens with zero attached hydrogens (tertiary/aromatic N) is 2. The minimum absolute atomic E-state index is 0.122. The Morgan fingerprint density at radius 3 is 2.62 bits per heavy atom. The standard InChI is InChI=1S/C23H31ClFN3O4/c1-22(2,3)19(21(30)32-23(4,5)6)26-20(29)18-14-12-31-10-9-16(14)28(27-18)17-11-13(24)7-8-15(17)25/h7-8,11,19,21,30H,9-10,12H2,1-6H3,(H,26,29). The Morgan fingerprint density at radius 2 is 2.00 bits per heavy atom. The second-order valence-corrected chi connectivity index (χ2v) is 10.5. The van der Waals surface area contributed by atoms with Crippen LogP contribution in [0.1, 0.15) is 63.3 Å². The van der Waals surface area contributed by atoms with Crippen molar-refractivity contribution in [2.75, 3.05) is 6.61 Å². The van der Waals surface area contributed by atoms with Crippen molar-refractivity contribution in [3.63, 3.8) is 0 Å². The van der Waals surface area contributed by atoms with E-state index in [1.54, 1.807) is 0 Å². The highest BCUT2D eigenvalue weighted by atomic mass is 35.5. The number of hydrogen-bond acceptors (Lipinski definition) is 5. The number of hydrogen-bond donors (Lipinski definition) is 2. The van der Waals surface area contributed by atoms with E-state index in [9.17, 15) is 14.3 Å². The van der Waals surface area contributed by atoms with E-state index in [1.807, 2.05) is 41.5 Å². The maximum Gasteiger partial charge on any atom is 0.272 e. The molecule has 1 aromatic heterocycles. The van der Waals surface area contributed by atoms with Gasteiger partial charge in [0.2, 0.25) is 0 Å². The van der Waals surface area contributed by atoms with E-state index in [0.29, 0.717) is 29.3 Å². The van der Waals surface area contributed by atoms with Crippen LogP contribution >= 0.6 is 11.6 Å². The molecule has 32 heavy (non-hydrogen) atoms. The van der Waals surface area contributed by atoms with Crippen molar-refractivity contribution >= 4 is 17.5 Å². The van der Waals surface area contributed by atoms with Crippen LogP contribution in [0.25, 0.3) is 5.69 Å². The first-order valence-electron chi connectivity index (χ1n) is 10.6. The molecule has 0 bridgehead atoms. The summed E-state index contributed by atoms with van der Waals surface area (Å²) in [6.07, 6.45) is -0.765. The zero-order valence-electron chi connectivity index (χ0n) is 19.3. The van der Waals surface area contributed by atoms with Crippen LogP contribution in [0.3, 0.4) is 0 Å². The van der Waals surface area contributed by atoms with Gasteiger partial charge in [-0.25, -0.2) is 9.07 Å². The number of aliphatic hydroxyl groups excluding tert-OH is 1. The zero-order valence-corrected chi connectivity index (χ0v) is 20.1. The van der Waals surface area contributed by atoms with Gasteiger partial charge in [-0.1, -0.05) is 32.4 Å². The lowest BCUT2D eigenvalue weighted by atomic mass is 9.86. The minimum atomic E-state index is -1.24. The van der Waals surface area contributed by atoms with E-state index in [4.69, 9.17) is 21.1 Å². The van der Waals surface area contributed by atoms with Gasteiger partial charge in [0, 0.05) is 17.0 Å². The first kappa shape index (κ1) is 24.6. The molecule has 0 fully saturated rings. The molecule has 2 unspecified atom stereocenters. The van der Waals surface area contributed by atoms with E-state index in [0.717, 1.165) is 0 Å². The van der Waals surface area contributed by atoms with E-state index < -0.39 is 35.1 Å². The van der Waals surface area contributed by atoms with Gasteiger partial charge in [0.05, 0.1) is 30.6 Å². The molecule has 1 aromatic carbocycles. The molecule has 176 valence electrons. The van der Waals surface area contributed by atoms with Crippen LogP contribution in [-0.2, 0) is 22.5 Å². The van der Waals surface area contributed by atoms with Crippen LogP contribution < -0.4 is 5.32 Å². The molecule has 0 radical (unpaired) electrons. The van der Waals surface area contributed by atoms with Crippen LogP contribution in [0.4, 0.5) is 4.39 Å². The molecule has 1 aliphatic rings. The highest BCUT2D eigenvalue weighted by Gasteiger charge is 2.37. The van der Waals surface area contributed by atoms with Crippen molar-refractivity contribution in [3.05, 3.63) is 46.0 Å². The third kappa shape index (κ3) is 5.49. The number of aliphatic hydroxyl groups is 1. The Balaban J connectivity index is 1.99. The Kier molecular flexibility index (Phi) is 7.00. The van der Waals surface area contributed by atoms with Gasteiger partial charge in [0.15, 0.2) is 12.0 Å². The van der Waals surface area contributed by atoms with Gasteiger partial charge in [-0.3, -0.25) is 4.79 Å². The number of amides is 1. The van der Waals surface area contributed by atoms with E-state index in [1.165, 1.54) is 22.9 Å². The summed E-state index contributed by atoms with van der Waals surface area (Å²) >= 11 is 6.07. The van der Waals surface area contributed by atoms with Crippen molar-refractivity contribution < 1.29 is 23.8 Å². The number of aromatic nitrogens is 2. The van der Waals surface area contributed by atoms with Gasteiger partial charge in [0.25, 0.3) is 5.91 Å². The van der Waals surface area contributed by atoms with Crippen molar-refractivity contribution in [3.8, 4) is 5.69 Å². The number of fused-ring (bicyclic) bond motifs is 1. The Hall–Kier alpha value is -2.00. The van der Waals surface area contributed by atoms with Crippen LogP contribution in [0, 0.1) is 11.2 Å². The van der Waals surface area contributed by atoms with Crippen molar-refractivity contribution in [1.29, 1.82) is 0 Å². The van der Waals surface area contributed by atoms with Gasteiger partial charge in [-0.15, -0.1) is 0 Å². The lowest BCUT2D eigenvalue weighted by molar-refractivity contribution is -0.191. The summed E-state index contributed by atoms with van der Waals surface area (Å²) in [7, 11) is 0. The highest BCUT2D eigenvalue weighted by Crippen LogP contribution is 2.29. The summed E-state index contributed by atoms with van der Waals surface area (Å²) in [4.78, 5) is 13.3. The van der Waals surface area contributed by atoms with Crippen molar-refractivity contribution in [2.45, 2.75) is 72.5 Å². The molecule has 0 spiro atoms. The molecule has 0 saturated heterocycles. The van der Waals surface area contributed by atoms with Crippen LogP contribution in [0.15, 0.2) is 18.2 Å². The maximum atomic E-state index is 14.6. The number of halogens is 2. The summed E-state index contributed by atoms with van der Waals surface area (Å²) in [6, 6.07) is 3.47. The minimum Gasteiger partial charge on any atom is -0.376 e. The normalized spacial score (nSPS) is 16.4. The fourth-order valence-electron chi connectivity index (χ4n) is 3.62. The average Bonchev–Trinajstić information content (AvgIpc) is 3.05. The van der Waals surface area contributed by atoms with Gasteiger partial charge in [-0.05, 0) is 44.4 Å². The predicted octanol–water partition coefficient (Wildman–Crippen LogP) is 4.02. The molecule has 2 heterocycles. The first-order chi connectivity index (χ1) is 14.8. The summed E-state index contributed by atoms with van der Waals surface area (Å²) in [6.45, 7) is 11.8. The van der Waals surface area contributed by atoms with Crippen molar-refractivity contribution in [2.24, 2.45) is 5.41 Å². The molecule has 1 amide bonds. The molecular formula is C23H31ClFN3O4. The molecule has 0 saturated carbocycles. The largest absolute Gasteiger partial charge is 0.376 e. The van der Waals surface area contributed by atoms with Gasteiger partial charge >= 0.3 is 0 Å². The molecule has 0 aliphatic carbocycles. The molecule has 2 N–H and O–H groups in total. The van der Waals surface area contributed by atoms with Crippen LogP contribution in [0.5, 0.6) is 0 Å². The quantitative estimate of drug-likeness (QED) is 0.649. The van der Waals surface area contributed by atoms with Crippen molar-refractivity contribution in [1.82, 2.24) is 15.1 Å². The van der Waals surface area contributed by atoms with Crippen LogP contribution in [-0.4, -0.2) is 45.3 Å². The average molecular weight is 468 g/mol. The van der Waals surface area contributed by atoms with Gasteiger partial charge in [-0.2, -0.15) is 5.10 Å². The number of benzene rings is 1. The van der Waals surface area contributed by atoms with Crippen LogP contribution in [0.2, 0.25) is 5.02 Å². The molecule has 1 aliphatic heterocycles. The molecule has 2 atom stereocenters. The number of nitrogens with one attached hydrogen (secondary N) is 1. The van der Waals surface area contributed by atoms with E-state index in [-0.39, 0.29) is 18.0 Å². The molecular weight excluding hydrogens is 437 g/mol. The second kappa shape index (κ2) is 9.09.